The monoisotopic (exact) mass is 498 g/mol. The summed E-state index contributed by atoms with van der Waals surface area (Å²) in [6, 6.07) is -1.31. The highest BCUT2D eigenvalue weighted by Crippen LogP contribution is 2.36. The van der Waals surface area contributed by atoms with Gasteiger partial charge in [-0.25, -0.2) is 9.59 Å². The maximum Gasteiger partial charge on any atom is 0.333 e. The molecule has 0 spiro atoms. The minimum atomic E-state index is -2.56. The lowest BCUT2D eigenvalue weighted by molar-refractivity contribution is -0.407. The van der Waals surface area contributed by atoms with Gasteiger partial charge in [-0.2, -0.15) is 0 Å². The number of nitrogens with two attached hydrogens (primary N) is 1. The molecule has 0 aliphatic carbocycles. The highest BCUT2D eigenvalue weighted by molar-refractivity contribution is 5.86. The van der Waals surface area contributed by atoms with Crippen molar-refractivity contribution in [2.24, 2.45) is 5.73 Å². The molecule has 2 amide bonds. The van der Waals surface area contributed by atoms with Gasteiger partial charge >= 0.3 is 12.0 Å². The van der Waals surface area contributed by atoms with E-state index in [0.717, 1.165) is 0 Å². The average Bonchev–Trinajstić information content (AvgIpc) is 2.78. The van der Waals surface area contributed by atoms with Crippen molar-refractivity contribution < 1.29 is 69.4 Å². The summed E-state index contributed by atoms with van der Waals surface area (Å²) in [6.45, 7) is 2.41. The predicted molar refractivity (Wildman–Crippen MR) is 105 cm³/mol. The zero-order valence-corrected chi connectivity index (χ0v) is 18.1. The van der Waals surface area contributed by atoms with Crippen LogP contribution in [0.2, 0.25) is 0 Å². The molecule has 10 N–H and O–H groups in total. The molecular weight excluding hydrogens is 468 g/mol. The third-order valence-electron chi connectivity index (χ3n) is 5.39. The van der Waals surface area contributed by atoms with Crippen molar-refractivity contribution >= 4 is 12.0 Å². The molecule has 0 saturated carbocycles. The molecule has 0 unspecified atom stereocenters. The van der Waals surface area contributed by atoms with E-state index in [0.29, 0.717) is 4.90 Å². The van der Waals surface area contributed by atoms with Crippen LogP contribution in [0.15, 0.2) is 12.2 Å². The lowest BCUT2D eigenvalue weighted by Gasteiger charge is -2.53. The van der Waals surface area contributed by atoms with Crippen LogP contribution in [0.4, 0.5) is 4.79 Å². The van der Waals surface area contributed by atoms with Gasteiger partial charge in [-0.05, 0) is 6.92 Å². The third-order valence-corrected chi connectivity index (χ3v) is 5.39. The molecule has 34 heavy (non-hydrogen) atoms. The topological polar surface area (TPSA) is 262 Å². The molecule has 0 aromatic heterocycles. The predicted octanol–water partition coefficient (Wildman–Crippen LogP) is -5.61. The first-order valence-electron chi connectivity index (χ1n) is 10.0. The highest BCUT2D eigenvalue weighted by atomic mass is 16.8. The first-order valence-corrected chi connectivity index (χ1v) is 10.0. The number of primary amides is 1. The van der Waals surface area contributed by atoms with Crippen molar-refractivity contribution in [1.29, 1.82) is 0 Å². The molecule has 0 bridgehead atoms. The number of ether oxygens (including phenoxy) is 4. The van der Waals surface area contributed by atoms with E-state index in [2.05, 4.69) is 6.58 Å². The second-order valence-electron chi connectivity index (χ2n) is 7.82. The van der Waals surface area contributed by atoms with E-state index in [1.807, 2.05) is 0 Å². The van der Waals surface area contributed by atoms with Crippen molar-refractivity contribution in [3.8, 4) is 0 Å². The maximum atomic E-state index is 12.2. The molecule has 0 radical (unpaired) electrons. The van der Waals surface area contributed by atoms with Crippen LogP contribution in [0.25, 0.3) is 0 Å². The molecular formula is C18H30N2O14. The number of hydrogen-bond acceptors (Lipinski definition) is 14. The van der Waals surface area contributed by atoms with Gasteiger partial charge in [-0.15, -0.1) is 0 Å². The molecule has 0 aromatic carbocycles. The Hall–Kier alpha value is -1.96. The van der Waals surface area contributed by atoms with Crippen LogP contribution in [0.1, 0.15) is 6.92 Å². The van der Waals surface area contributed by atoms with Gasteiger partial charge < -0.3 is 65.5 Å². The number of urea groups is 1. The number of hydrogen-bond donors (Lipinski definition) is 9. The molecule has 2 heterocycles. The van der Waals surface area contributed by atoms with Crippen LogP contribution in [-0.4, -0.2) is 139 Å². The molecule has 0 aromatic rings. The molecule has 2 fully saturated rings. The molecule has 2 rings (SSSR count). The van der Waals surface area contributed by atoms with Gasteiger partial charge in [0, 0.05) is 5.57 Å². The Morgan fingerprint density at radius 2 is 1.59 bits per heavy atom. The first kappa shape index (κ1) is 28.3. The van der Waals surface area contributed by atoms with Crippen molar-refractivity contribution in [2.45, 2.75) is 68.1 Å². The van der Waals surface area contributed by atoms with E-state index in [4.69, 9.17) is 24.7 Å². The summed E-state index contributed by atoms with van der Waals surface area (Å²) in [5, 5.41) is 80.3. The molecule has 16 heteroatoms. The fraction of sp³-hybridized carbons (Fsp3) is 0.778. The summed E-state index contributed by atoms with van der Waals surface area (Å²) in [6.07, 6.45) is -18.4. The number of carbonyl (C=O) groups is 2. The second kappa shape index (κ2) is 11.2. The van der Waals surface area contributed by atoms with E-state index < -0.39 is 93.0 Å². The smallest absolute Gasteiger partial charge is 0.333 e. The van der Waals surface area contributed by atoms with Gasteiger partial charge in [-0.3, -0.25) is 4.90 Å². The quantitative estimate of drug-likeness (QED) is 0.112. The van der Waals surface area contributed by atoms with Crippen LogP contribution in [0.3, 0.4) is 0 Å². The number of carbonyl (C=O) groups excluding carboxylic acids is 2. The zero-order chi connectivity index (χ0) is 26.0. The van der Waals surface area contributed by atoms with E-state index in [1.54, 1.807) is 0 Å². The Bertz CT molecular complexity index is 754. The van der Waals surface area contributed by atoms with E-state index in [1.165, 1.54) is 6.92 Å². The van der Waals surface area contributed by atoms with E-state index >= 15 is 0 Å². The Morgan fingerprint density at radius 3 is 2.12 bits per heavy atom. The summed E-state index contributed by atoms with van der Waals surface area (Å²) in [5.74, 6) is -0.824. The Balaban J connectivity index is 2.39. The minimum Gasteiger partial charge on any atom is -0.460 e. The SMILES string of the molecule is C=C(C)C(=O)OCCN(C(N)=O)[C@]1(CO)O[C@@H](O)[C@H](O)[C@H](O)[C@@H]1O[C@@H]1O[C@H](O)[C@@H](O)[C@H](O)[C@H]1O. The summed E-state index contributed by atoms with van der Waals surface area (Å²) in [7, 11) is 0. The number of aliphatic hydroxyl groups is 8. The van der Waals surface area contributed by atoms with Crippen LogP contribution < -0.4 is 5.73 Å². The summed E-state index contributed by atoms with van der Waals surface area (Å²) < 4.78 is 20.4. The van der Waals surface area contributed by atoms with Gasteiger partial charge in [-0.1, -0.05) is 6.58 Å². The van der Waals surface area contributed by atoms with E-state index in [9.17, 15) is 50.4 Å². The van der Waals surface area contributed by atoms with Gasteiger partial charge in [0.05, 0.1) is 13.2 Å². The molecule has 16 nitrogen and oxygen atoms in total. The van der Waals surface area contributed by atoms with Crippen LogP contribution >= 0.6 is 0 Å². The molecule has 196 valence electrons. The van der Waals surface area contributed by atoms with Crippen LogP contribution in [-0.2, 0) is 23.7 Å². The zero-order valence-electron chi connectivity index (χ0n) is 18.1. The van der Waals surface area contributed by atoms with Crippen molar-refractivity contribution in [2.75, 3.05) is 19.8 Å². The lowest BCUT2D eigenvalue weighted by Crippen LogP contribution is -2.75. The minimum absolute atomic E-state index is 0.0364. The number of amides is 2. The maximum absolute atomic E-state index is 12.2. The van der Waals surface area contributed by atoms with Crippen LogP contribution in [0.5, 0.6) is 0 Å². The normalized spacial score (nSPS) is 40.4. The molecule has 2 aliphatic rings. The van der Waals surface area contributed by atoms with Crippen molar-refractivity contribution in [3.63, 3.8) is 0 Å². The van der Waals surface area contributed by atoms with Gasteiger partial charge in [0.1, 0.15) is 43.2 Å². The number of rotatable bonds is 8. The Morgan fingerprint density at radius 1 is 1.00 bits per heavy atom. The molecule has 10 atom stereocenters. The Labute approximate surface area is 192 Å². The molecule has 2 saturated heterocycles. The highest BCUT2D eigenvalue weighted by Gasteiger charge is 2.60. The van der Waals surface area contributed by atoms with E-state index in [-0.39, 0.29) is 5.57 Å². The second-order valence-corrected chi connectivity index (χ2v) is 7.82. The summed E-state index contributed by atoms with van der Waals surface area (Å²) in [5.41, 5.74) is 2.85. The summed E-state index contributed by atoms with van der Waals surface area (Å²) in [4.78, 5) is 24.4. The number of aliphatic hydroxyl groups excluding tert-OH is 8. The van der Waals surface area contributed by atoms with Gasteiger partial charge in [0.25, 0.3) is 0 Å². The standard InChI is InChI=1S/C18H30N2O14/c1-6(2)13(27)31-4-3-20(17(19)30)18(5-21)12(8(23)10(25)15(29)34-18)32-16-11(26)7(22)9(24)14(28)33-16/h7-12,14-16,21-26,28-29H,1,3-5H2,2H3,(H2,19,30)/t7-,8-,9-,10+,11+,12-,14-,15+,16+,18+/m0/s1. The van der Waals surface area contributed by atoms with Crippen LogP contribution in [0, 0.1) is 0 Å². The first-order chi connectivity index (χ1) is 15.8. The van der Waals surface area contributed by atoms with Crippen molar-refractivity contribution in [3.05, 3.63) is 12.2 Å². The van der Waals surface area contributed by atoms with Crippen molar-refractivity contribution in [1.82, 2.24) is 4.90 Å². The Kier molecular flexibility index (Phi) is 9.30. The third kappa shape index (κ3) is 5.47. The molecule has 2 aliphatic heterocycles. The number of nitrogens with zero attached hydrogens (tertiary/aromatic N) is 1. The largest absolute Gasteiger partial charge is 0.460 e. The fourth-order valence-electron chi connectivity index (χ4n) is 3.50. The fourth-order valence-corrected chi connectivity index (χ4v) is 3.50. The lowest BCUT2D eigenvalue weighted by atomic mass is 9.91. The van der Waals surface area contributed by atoms with Gasteiger partial charge in [0.15, 0.2) is 24.6 Å². The number of esters is 1. The summed E-state index contributed by atoms with van der Waals surface area (Å²) >= 11 is 0. The average molecular weight is 498 g/mol. The van der Waals surface area contributed by atoms with Gasteiger partial charge in [0.2, 0.25) is 0 Å².